The van der Waals surface area contributed by atoms with Gasteiger partial charge in [-0.15, -0.1) is 0 Å². The SMILES string of the molecule is CCCOc1ccc(NC(=O)CC2C(=O)N(c3ccc(C(=O)OCC)cc3)C(=S)N2CCc2ccc(Cl)cc2)cc1. The Labute approximate surface area is 250 Å². The van der Waals surface area contributed by atoms with E-state index in [4.69, 9.17) is 33.3 Å². The lowest BCUT2D eigenvalue weighted by atomic mass is 10.1. The van der Waals surface area contributed by atoms with Gasteiger partial charge >= 0.3 is 5.97 Å². The Bertz CT molecular complexity index is 1380. The summed E-state index contributed by atoms with van der Waals surface area (Å²) in [6.07, 6.45) is 1.40. The first-order chi connectivity index (χ1) is 19.8. The zero-order valence-electron chi connectivity index (χ0n) is 23.0. The van der Waals surface area contributed by atoms with Crippen LogP contribution in [0, 0.1) is 0 Å². The van der Waals surface area contributed by atoms with Crippen LogP contribution in [-0.4, -0.2) is 53.6 Å². The predicted molar refractivity (Wildman–Crippen MR) is 164 cm³/mol. The topological polar surface area (TPSA) is 88.2 Å². The van der Waals surface area contributed by atoms with Gasteiger partial charge in [-0.2, -0.15) is 0 Å². The molecule has 8 nitrogen and oxygen atoms in total. The summed E-state index contributed by atoms with van der Waals surface area (Å²) in [7, 11) is 0. The second-order valence-corrected chi connectivity index (χ2v) is 10.2. The second kappa shape index (κ2) is 14.1. The summed E-state index contributed by atoms with van der Waals surface area (Å²) >= 11 is 11.8. The van der Waals surface area contributed by atoms with Crippen LogP contribution in [0.2, 0.25) is 5.02 Å². The van der Waals surface area contributed by atoms with E-state index in [0.717, 1.165) is 17.7 Å². The summed E-state index contributed by atoms with van der Waals surface area (Å²) in [6.45, 7) is 5.06. The molecule has 1 atom stereocenters. The van der Waals surface area contributed by atoms with Crippen molar-refractivity contribution >= 4 is 58.1 Å². The van der Waals surface area contributed by atoms with E-state index in [1.165, 1.54) is 4.90 Å². The molecule has 2 amide bonds. The monoisotopic (exact) mass is 593 g/mol. The fourth-order valence-electron chi connectivity index (χ4n) is 4.43. The third kappa shape index (κ3) is 7.62. The Morgan fingerprint density at radius 3 is 2.29 bits per heavy atom. The third-order valence-electron chi connectivity index (χ3n) is 6.50. The Hall–Kier alpha value is -3.95. The smallest absolute Gasteiger partial charge is 0.338 e. The van der Waals surface area contributed by atoms with E-state index < -0.39 is 12.0 Å². The lowest BCUT2D eigenvalue weighted by Crippen LogP contribution is -2.39. The molecule has 0 saturated carbocycles. The highest BCUT2D eigenvalue weighted by molar-refractivity contribution is 7.80. The Kier molecular flexibility index (Phi) is 10.3. The number of hydrogen-bond acceptors (Lipinski definition) is 6. The van der Waals surface area contributed by atoms with Crippen molar-refractivity contribution in [1.82, 2.24) is 4.90 Å². The lowest BCUT2D eigenvalue weighted by Gasteiger charge is -2.24. The molecule has 0 radical (unpaired) electrons. The number of carbonyl (C=O) groups is 3. The number of rotatable bonds is 12. The quantitative estimate of drug-likeness (QED) is 0.207. The van der Waals surface area contributed by atoms with Crippen LogP contribution in [0.3, 0.4) is 0 Å². The number of nitrogens with one attached hydrogen (secondary N) is 1. The highest BCUT2D eigenvalue weighted by atomic mass is 35.5. The number of benzene rings is 3. The van der Waals surface area contributed by atoms with Crippen molar-refractivity contribution < 1.29 is 23.9 Å². The Morgan fingerprint density at radius 1 is 0.976 bits per heavy atom. The van der Waals surface area contributed by atoms with Crippen molar-refractivity contribution in [2.24, 2.45) is 0 Å². The van der Waals surface area contributed by atoms with E-state index in [-0.39, 0.29) is 24.8 Å². The molecule has 0 aromatic heterocycles. The predicted octanol–water partition coefficient (Wildman–Crippen LogP) is 5.88. The minimum absolute atomic E-state index is 0.0922. The van der Waals surface area contributed by atoms with Crippen molar-refractivity contribution in [2.75, 3.05) is 30.0 Å². The maximum absolute atomic E-state index is 13.7. The lowest BCUT2D eigenvalue weighted by molar-refractivity contribution is -0.124. The number of halogens is 1. The van der Waals surface area contributed by atoms with Gasteiger partial charge in [-0.1, -0.05) is 30.7 Å². The molecular formula is C31H32ClN3O5S. The van der Waals surface area contributed by atoms with E-state index >= 15 is 0 Å². The minimum atomic E-state index is -0.799. The first-order valence-corrected chi connectivity index (χ1v) is 14.3. The summed E-state index contributed by atoms with van der Waals surface area (Å²) in [4.78, 5) is 42.1. The first kappa shape index (κ1) is 30.0. The van der Waals surface area contributed by atoms with E-state index in [9.17, 15) is 14.4 Å². The number of carbonyl (C=O) groups excluding carboxylic acids is 3. The highest BCUT2D eigenvalue weighted by Gasteiger charge is 2.44. The molecule has 1 fully saturated rings. The minimum Gasteiger partial charge on any atom is -0.494 e. The van der Waals surface area contributed by atoms with Gasteiger partial charge in [0.2, 0.25) is 5.91 Å². The number of hydrogen-bond donors (Lipinski definition) is 1. The van der Waals surface area contributed by atoms with Gasteiger partial charge in [-0.05, 0) is 98.2 Å². The highest BCUT2D eigenvalue weighted by Crippen LogP contribution is 2.28. The molecule has 1 unspecified atom stereocenters. The number of ether oxygens (including phenoxy) is 2. The normalized spacial score (nSPS) is 14.8. The van der Waals surface area contributed by atoms with Crippen LogP contribution in [0.1, 0.15) is 42.6 Å². The molecule has 1 aliphatic heterocycles. The summed E-state index contributed by atoms with van der Waals surface area (Å²) in [5.41, 5.74) is 2.51. The molecule has 1 aliphatic rings. The van der Waals surface area contributed by atoms with Crippen LogP contribution in [-0.2, 0) is 20.7 Å². The van der Waals surface area contributed by atoms with Crippen LogP contribution in [0.5, 0.6) is 5.75 Å². The number of thiocarbonyl (C=S) groups is 1. The summed E-state index contributed by atoms with van der Waals surface area (Å²) in [6, 6.07) is 20.3. The van der Waals surface area contributed by atoms with Gasteiger partial charge in [0.25, 0.3) is 5.91 Å². The van der Waals surface area contributed by atoms with Crippen LogP contribution in [0.15, 0.2) is 72.8 Å². The molecule has 0 spiro atoms. The van der Waals surface area contributed by atoms with Crippen LogP contribution >= 0.6 is 23.8 Å². The summed E-state index contributed by atoms with van der Waals surface area (Å²) in [5, 5.41) is 3.80. The van der Waals surface area contributed by atoms with Gasteiger partial charge in [0.05, 0.1) is 30.9 Å². The fraction of sp³-hybridized carbons (Fsp3) is 0.290. The maximum Gasteiger partial charge on any atom is 0.338 e. The summed E-state index contributed by atoms with van der Waals surface area (Å²) < 4.78 is 10.7. The molecule has 41 heavy (non-hydrogen) atoms. The molecule has 1 heterocycles. The van der Waals surface area contributed by atoms with Crippen LogP contribution in [0.25, 0.3) is 0 Å². The van der Waals surface area contributed by atoms with E-state index in [1.54, 1.807) is 60.4 Å². The average molecular weight is 594 g/mol. The second-order valence-electron chi connectivity index (χ2n) is 9.43. The molecule has 1 saturated heterocycles. The van der Waals surface area contributed by atoms with Crippen molar-refractivity contribution in [2.45, 2.75) is 39.2 Å². The van der Waals surface area contributed by atoms with Gasteiger partial charge in [-0.25, -0.2) is 4.79 Å². The maximum atomic E-state index is 13.7. The van der Waals surface area contributed by atoms with Crippen LogP contribution < -0.4 is 15.0 Å². The average Bonchev–Trinajstić information content (AvgIpc) is 3.20. The van der Waals surface area contributed by atoms with Crippen LogP contribution in [0.4, 0.5) is 11.4 Å². The standard InChI is InChI=1S/C31H32ClN3O5S/c1-3-19-40-26-15-11-24(12-16-26)33-28(36)20-27-29(37)35(25-13-7-22(8-14-25)30(38)39-4-2)31(41)34(27)18-17-21-5-9-23(32)10-6-21/h5-16,27H,3-4,17-20H2,1-2H3,(H,33,36). The first-order valence-electron chi connectivity index (χ1n) is 13.5. The Balaban J connectivity index is 1.52. The van der Waals surface area contributed by atoms with E-state index in [0.29, 0.717) is 46.6 Å². The third-order valence-corrected chi connectivity index (χ3v) is 7.17. The number of nitrogens with zero attached hydrogens (tertiary/aromatic N) is 2. The molecule has 4 rings (SSSR count). The molecule has 3 aromatic rings. The molecule has 0 aliphatic carbocycles. The van der Waals surface area contributed by atoms with Gasteiger partial charge in [0.1, 0.15) is 11.8 Å². The molecular weight excluding hydrogens is 562 g/mol. The largest absolute Gasteiger partial charge is 0.494 e. The number of amides is 2. The molecule has 10 heteroatoms. The zero-order chi connectivity index (χ0) is 29.4. The molecule has 214 valence electrons. The molecule has 1 N–H and O–H groups in total. The van der Waals surface area contributed by atoms with E-state index in [1.807, 2.05) is 31.2 Å². The zero-order valence-corrected chi connectivity index (χ0v) is 24.5. The fourth-order valence-corrected chi connectivity index (χ4v) is 4.97. The van der Waals surface area contributed by atoms with Gasteiger partial charge < -0.3 is 19.7 Å². The van der Waals surface area contributed by atoms with Crippen molar-refractivity contribution in [3.05, 3.63) is 88.9 Å². The van der Waals surface area contributed by atoms with Gasteiger partial charge in [-0.3, -0.25) is 14.5 Å². The molecule has 0 bridgehead atoms. The summed E-state index contributed by atoms with van der Waals surface area (Å²) in [5.74, 6) is -0.351. The van der Waals surface area contributed by atoms with E-state index in [2.05, 4.69) is 5.32 Å². The van der Waals surface area contributed by atoms with Crippen molar-refractivity contribution in [1.29, 1.82) is 0 Å². The molecule has 3 aromatic carbocycles. The van der Waals surface area contributed by atoms with Crippen molar-refractivity contribution in [3.63, 3.8) is 0 Å². The number of esters is 1. The Morgan fingerprint density at radius 2 is 1.66 bits per heavy atom. The van der Waals surface area contributed by atoms with Crippen molar-refractivity contribution in [3.8, 4) is 5.75 Å². The number of anilines is 2. The van der Waals surface area contributed by atoms with Gasteiger partial charge in [0, 0.05) is 17.3 Å². The van der Waals surface area contributed by atoms with Gasteiger partial charge in [0.15, 0.2) is 5.11 Å².